The van der Waals surface area contributed by atoms with Crippen molar-refractivity contribution in [3.8, 4) is 0 Å². The lowest BCUT2D eigenvalue weighted by Crippen LogP contribution is -2.45. The number of likely N-dealkylation sites (tertiary alicyclic amines) is 2. The maximum absolute atomic E-state index is 12.7. The van der Waals surface area contributed by atoms with Crippen LogP contribution in [0.15, 0.2) is 12.7 Å². The standard InChI is InChI=1S/C16H25N5O2/c1-16(2,3)21-9-12(8-14(21)22)15(23)19-6-4-13(5-7-19)20-10-17-18-11-20/h10-13H,4-9H2,1-3H3/t12-/m1/s1. The summed E-state index contributed by atoms with van der Waals surface area (Å²) in [5.74, 6) is 0.0377. The predicted molar refractivity (Wildman–Crippen MR) is 84.4 cm³/mol. The highest BCUT2D eigenvalue weighted by Gasteiger charge is 2.41. The van der Waals surface area contributed by atoms with Crippen molar-refractivity contribution < 1.29 is 9.59 Å². The number of rotatable bonds is 2. The van der Waals surface area contributed by atoms with Crippen molar-refractivity contribution in [3.05, 3.63) is 12.7 Å². The fourth-order valence-corrected chi connectivity index (χ4v) is 3.56. The number of amides is 2. The van der Waals surface area contributed by atoms with Gasteiger partial charge in [-0.15, -0.1) is 10.2 Å². The van der Waals surface area contributed by atoms with Gasteiger partial charge in [-0.1, -0.05) is 0 Å². The van der Waals surface area contributed by atoms with Gasteiger partial charge in [0.25, 0.3) is 0 Å². The smallest absolute Gasteiger partial charge is 0.227 e. The van der Waals surface area contributed by atoms with Crippen LogP contribution in [0.25, 0.3) is 0 Å². The predicted octanol–water partition coefficient (Wildman–Crippen LogP) is 1.09. The first kappa shape index (κ1) is 16.0. The third-order valence-electron chi connectivity index (χ3n) is 4.92. The van der Waals surface area contributed by atoms with Gasteiger partial charge in [-0.2, -0.15) is 0 Å². The highest BCUT2D eigenvalue weighted by molar-refractivity contribution is 5.89. The zero-order valence-electron chi connectivity index (χ0n) is 14.1. The zero-order chi connectivity index (χ0) is 16.6. The molecule has 1 atom stereocenters. The van der Waals surface area contributed by atoms with E-state index in [1.165, 1.54) is 0 Å². The minimum absolute atomic E-state index is 0.0928. The number of piperidine rings is 1. The van der Waals surface area contributed by atoms with Gasteiger partial charge < -0.3 is 14.4 Å². The van der Waals surface area contributed by atoms with E-state index in [1.807, 2.05) is 35.1 Å². The Hall–Kier alpha value is -1.92. The molecular formula is C16H25N5O2. The van der Waals surface area contributed by atoms with E-state index in [1.54, 1.807) is 12.7 Å². The van der Waals surface area contributed by atoms with E-state index < -0.39 is 0 Å². The van der Waals surface area contributed by atoms with Gasteiger partial charge in [0.15, 0.2) is 0 Å². The largest absolute Gasteiger partial charge is 0.342 e. The number of nitrogens with zero attached hydrogens (tertiary/aromatic N) is 5. The Labute approximate surface area is 136 Å². The van der Waals surface area contributed by atoms with E-state index in [0.717, 1.165) is 25.9 Å². The summed E-state index contributed by atoms with van der Waals surface area (Å²) < 4.78 is 2.02. The summed E-state index contributed by atoms with van der Waals surface area (Å²) in [6.45, 7) is 8.07. The highest BCUT2D eigenvalue weighted by Crippen LogP contribution is 2.29. The molecule has 1 aromatic rings. The first-order chi connectivity index (χ1) is 10.9. The molecule has 0 unspecified atom stereocenters. The second kappa shape index (κ2) is 5.94. The van der Waals surface area contributed by atoms with Gasteiger partial charge in [0, 0.05) is 37.6 Å². The van der Waals surface area contributed by atoms with Crippen LogP contribution < -0.4 is 0 Å². The molecule has 0 spiro atoms. The quantitative estimate of drug-likeness (QED) is 0.818. The maximum Gasteiger partial charge on any atom is 0.227 e. The maximum atomic E-state index is 12.7. The molecule has 0 aliphatic carbocycles. The van der Waals surface area contributed by atoms with Crippen molar-refractivity contribution in [2.75, 3.05) is 19.6 Å². The van der Waals surface area contributed by atoms with Crippen LogP contribution >= 0.6 is 0 Å². The Morgan fingerprint density at radius 1 is 1.17 bits per heavy atom. The lowest BCUT2D eigenvalue weighted by Gasteiger charge is -2.35. The van der Waals surface area contributed by atoms with Crippen molar-refractivity contribution in [2.24, 2.45) is 5.92 Å². The summed E-state index contributed by atoms with van der Waals surface area (Å²) in [6, 6.07) is 0.366. The number of carbonyl (C=O) groups is 2. The fourth-order valence-electron chi connectivity index (χ4n) is 3.56. The summed E-state index contributed by atoms with van der Waals surface area (Å²) in [5.41, 5.74) is -0.215. The number of carbonyl (C=O) groups excluding carboxylic acids is 2. The van der Waals surface area contributed by atoms with Gasteiger partial charge in [-0.3, -0.25) is 9.59 Å². The van der Waals surface area contributed by atoms with Crippen LogP contribution in [0, 0.1) is 5.92 Å². The van der Waals surface area contributed by atoms with E-state index >= 15 is 0 Å². The number of aromatic nitrogens is 3. The molecule has 0 radical (unpaired) electrons. The van der Waals surface area contributed by atoms with E-state index in [0.29, 0.717) is 19.0 Å². The minimum atomic E-state index is -0.215. The average molecular weight is 319 g/mol. The molecule has 3 rings (SSSR count). The molecule has 2 amide bonds. The Morgan fingerprint density at radius 3 is 2.30 bits per heavy atom. The van der Waals surface area contributed by atoms with Crippen LogP contribution in [0.1, 0.15) is 46.1 Å². The van der Waals surface area contributed by atoms with E-state index in [4.69, 9.17) is 0 Å². The van der Waals surface area contributed by atoms with Crippen molar-refractivity contribution >= 4 is 11.8 Å². The second-order valence-corrected chi connectivity index (χ2v) is 7.54. The second-order valence-electron chi connectivity index (χ2n) is 7.54. The van der Waals surface area contributed by atoms with E-state index in [-0.39, 0.29) is 23.3 Å². The molecule has 2 aliphatic rings. The summed E-state index contributed by atoms with van der Waals surface area (Å²) in [4.78, 5) is 28.6. The zero-order valence-corrected chi connectivity index (χ0v) is 14.1. The monoisotopic (exact) mass is 319 g/mol. The van der Waals surface area contributed by atoms with Gasteiger partial charge in [0.1, 0.15) is 12.7 Å². The third kappa shape index (κ3) is 3.23. The van der Waals surface area contributed by atoms with Crippen molar-refractivity contribution in [3.63, 3.8) is 0 Å². The summed E-state index contributed by atoms with van der Waals surface area (Å²) in [6.07, 6.45) is 5.64. The Morgan fingerprint density at radius 2 is 1.78 bits per heavy atom. The fraction of sp³-hybridized carbons (Fsp3) is 0.750. The van der Waals surface area contributed by atoms with Crippen LogP contribution in [0.2, 0.25) is 0 Å². The average Bonchev–Trinajstić information content (AvgIpc) is 3.15. The summed E-state index contributed by atoms with van der Waals surface area (Å²) >= 11 is 0. The molecule has 126 valence electrons. The number of hydrogen-bond acceptors (Lipinski definition) is 4. The SMILES string of the molecule is CC(C)(C)N1C[C@H](C(=O)N2CCC(n3cnnc3)CC2)CC1=O. The third-order valence-corrected chi connectivity index (χ3v) is 4.92. The van der Waals surface area contributed by atoms with E-state index in [9.17, 15) is 9.59 Å². The van der Waals surface area contributed by atoms with Crippen molar-refractivity contribution in [1.82, 2.24) is 24.6 Å². The Balaban J connectivity index is 1.57. The molecule has 7 heteroatoms. The topological polar surface area (TPSA) is 71.3 Å². The van der Waals surface area contributed by atoms with Crippen LogP contribution in [0.5, 0.6) is 0 Å². The molecule has 1 aromatic heterocycles. The molecule has 0 N–H and O–H groups in total. The van der Waals surface area contributed by atoms with Crippen molar-refractivity contribution in [2.45, 2.75) is 51.6 Å². The molecule has 0 aromatic carbocycles. The molecule has 2 aliphatic heterocycles. The van der Waals surface area contributed by atoms with Gasteiger partial charge >= 0.3 is 0 Å². The molecule has 2 saturated heterocycles. The lowest BCUT2D eigenvalue weighted by atomic mass is 10.0. The van der Waals surface area contributed by atoms with Crippen LogP contribution in [0.3, 0.4) is 0 Å². The van der Waals surface area contributed by atoms with Gasteiger partial charge in [0.2, 0.25) is 11.8 Å². The molecule has 23 heavy (non-hydrogen) atoms. The Kier molecular flexibility index (Phi) is 4.12. The molecule has 0 bridgehead atoms. The van der Waals surface area contributed by atoms with Gasteiger partial charge in [0.05, 0.1) is 5.92 Å². The summed E-state index contributed by atoms with van der Waals surface area (Å²) in [5, 5.41) is 7.69. The lowest BCUT2D eigenvalue weighted by molar-refractivity contribution is -0.137. The number of hydrogen-bond donors (Lipinski definition) is 0. The van der Waals surface area contributed by atoms with Crippen LogP contribution in [-0.2, 0) is 9.59 Å². The molecule has 7 nitrogen and oxygen atoms in total. The molecule has 0 saturated carbocycles. The first-order valence-electron chi connectivity index (χ1n) is 8.29. The minimum Gasteiger partial charge on any atom is -0.342 e. The molecule has 2 fully saturated rings. The first-order valence-corrected chi connectivity index (χ1v) is 8.29. The Bertz CT molecular complexity index is 570. The molecule has 3 heterocycles. The van der Waals surface area contributed by atoms with Crippen LogP contribution in [0.4, 0.5) is 0 Å². The van der Waals surface area contributed by atoms with Gasteiger partial charge in [-0.25, -0.2) is 0 Å². The normalized spacial score (nSPS) is 23.6. The van der Waals surface area contributed by atoms with Crippen LogP contribution in [-0.4, -0.2) is 61.6 Å². The molecular weight excluding hydrogens is 294 g/mol. The summed E-state index contributed by atoms with van der Waals surface area (Å²) in [7, 11) is 0. The van der Waals surface area contributed by atoms with E-state index in [2.05, 4.69) is 10.2 Å². The van der Waals surface area contributed by atoms with Gasteiger partial charge in [-0.05, 0) is 33.6 Å². The highest BCUT2D eigenvalue weighted by atomic mass is 16.2. The van der Waals surface area contributed by atoms with Crippen molar-refractivity contribution in [1.29, 1.82) is 0 Å².